The molecule has 3 aromatic heterocycles. The fourth-order valence-electron chi connectivity index (χ4n) is 4.33. The Morgan fingerprint density at radius 2 is 2.00 bits per heavy atom. The van der Waals surface area contributed by atoms with Crippen LogP contribution in [0.25, 0.3) is 27.7 Å². The van der Waals surface area contributed by atoms with E-state index in [2.05, 4.69) is 32.1 Å². The molecule has 0 unspecified atom stereocenters. The van der Waals surface area contributed by atoms with Crippen molar-refractivity contribution in [1.82, 2.24) is 24.5 Å². The Kier molecular flexibility index (Phi) is 5.09. The highest BCUT2D eigenvalue weighted by atomic mass is 79.9. The number of piperidine rings is 1. The van der Waals surface area contributed by atoms with Gasteiger partial charge in [0.05, 0.1) is 21.9 Å². The van der Waals surface area contributed by atoms with E-state index in [0.717, 1.165) is 63.8 Å². The normalized spacial score (nSPS) is 15.1. The molecule has 1 aliphatic rings. The molecule has 0 saturated carbocycles. The minimum Gasteiger partial charge on any atom is -0.383 e. The zero-order valence-corrected chi connectivity index (χ0v) is 18.8. The van der Waals surface area contributed by atoms with Crippen molar-refractivity contribution >= 4 is 44.2 Å². The summed E-state index contributed by atoms with van der Waals surface area (Å²) in [5, 5.41) is 5.55. The second kappa shape index (κ2) is 7.92. The number of anilines is 1. The number of hydrogen-bond donors (Lipinski definition) is 1. The van der Waals surface area contributed by atoms with E-state index in [-0.39, 0.29) is 11.8 Å². The molecule has 0 bridgehead atoms. The van der Waals surface area contributed by atoms with Crippen LogP contribution < -0.4 is 5.73 Å². The Balaban J connectivity index is 1.55. The molecule has 0 spiro atoms. The van der Waals surface area contributed by atoms with Crippen molar-refractivity contribution in [3.8, 4) is 11.1 Å². The summed E-state index contributed by atoms with van der Waals surface area (Å²) in [5.41, 5.74) is 10.9. The molecule has 1 amide bonds. The molecule has 4 aromatic rings. The first-order valence-corrected chi connectivity index (χ1v) is 11.3. The lowest BCUT2D eigenvalue weighted by molar-refractivity contribution is -0.131. The lowest BCUT2D eigenvalue weighted by Gasteiger charge is -2.32. The third kappa shape index (κ3) is 3.44. The van der Waals surface area contributed by atoms with E-state index < -0.39 is 0 Å². The maximum Gasteiger partial charge on any atom is 0.222 e. The van der Waals surface area contributed by atoms with Gasteiger partial charge in [-0.05, 0) is 40.9 Å². The molecule has 0 aliphatic carbocycles. The average molecular weight is 479 g/mol. The number of amides is 1. The summed E-state index contributed by atoms with van der Waals surface area (Å²) in [7, 11) is 0. The van der Waals surface area contributed by atoms with Crippen LogP contribution in [0.4, 0.5) is 5.82 Å². The number of para-hydroxylation sites is 1. The molecule has 7 nitrogen and oxygen atoms in total. The first-order valence-electron chi connectivity index (χ1n) is 10.5. The van der Waals surface area contributed by atoms with Gasteiger partial charge in [-0.15, -0.1) is 0 Å². The summed E-state index contributed by atoms with van der Waals surface area (Å²) < 4.78 is 2.46. The fourth-order valence-corrected chi connectivity index (χ4v) is 4.91. The first-order chi connectivity index (χ1) is 15.1. The van der Waals surface area contributed by atoms with E-state index in [9.17, 15) is 4.79 Å². The number of hydrogen-bond acceptors (Lipinski definition) is 5. The van der Waals surface area contributed by atoms with E-state index >= 15 is 0 Å². The molecule has 1 fully saturated rings. The van der Waals surface area contributed by atoms with Crippen molar-refractivity contribution in [3.05, 3.63) is 52.9 Å². The average Bonchev–Trinajstić information content (AvgIpc) is 3.25. The van der Waals surface area contributed by atoms with Gasteiger partial charge in [0.25, 0.3) is 0 Å². The SMILES string of the molecule is CCC(=O)N1CCC(c2nc3c(-c4cnc5ccccc5c4)cnn3c(N)c2Br)CC1. The Labute approximate surface area is 188 Å². The quantitative estimate of drug-likeness (QED) is 0.471. The van der Waals surface area contributed by atoms with Crippen LogP contribution >= 0.6 is 15.9 Å². The van der Waals surface area contributed by atoms with Crippen LogP contribution in [0.5, 0.6) is 0 Å². The van der Waals surface area contributed by atoms with Crippen LogP contribution in [0.3, 0.4) is 0 Å². The molecule has 158 valence electrons. The third-order valence-corrected chi connectivity index (χ3v) is 6.90. The van der Waals surface area contributed by atoms with Crippen LogP contribution in [-0.4, -0.2) is 43.5 Å². The van der Waals surface area contributed by atoms with Gasteiger partial charge >= 0.3 is 0 Å². The zero-order chi connectivity index (χ0) is 21.5. The summed E-state index contributed by atoms with van der Waals surface area (Å²) in [6.07, 6.45) is 5.93. The van der Waals surface area contributed by atoms with Crippen molar-refractivity contribution in [2.24, 2.45) is 0 Å². The number of rotatable bonds is 3. The van der Waals surface area contributed by atoms with Crippen molar-refractivity contribution < 1.29 is 4.79 Å². The number of nitrogens with zero attached hydrogens (tertiary/aromatic N) is 5. The lowest BCUT2D eigenvalue weighted by atomic mass is 9.93. The Hall–Kier alpha value is -3.00. The maximum atomic E-state index is 12.0. The van der Waals surface area contributed by atoms with Gasteiger partial charge in [0.15, 0.2) is 5.65 Å². The minimum absolute atomic E-state index is 0.210. The molecule has 0 atom stereocenters. The maximum absolute atomic E-state index is 12.0. The molecule has 4 heterocycles. The van der Waals surface area contributed by atoms with Crippen LogP contribution in [-0.2, 0) is 4.79 Å². The molecule has 31 heavy (non-hydrogen) atoms. The second-order valence-electron chi connectivity index (χ2n) is 7.92. The van der Waals surface area contributed by atoms with Crippen LogP contribution in [0.1, 0.15) is 37.8 Å². The Bertz CT molecular complexity index is 1290. The van der Waals surface area contributed by atoms with Gasteiger partial charge in [-0.1, -0.05) is 25.1 Å². The minimum atomic E-state index is 0.210. The number of benzene rings is 1. The number of nitrogens with two attached hydrogens (primary N) is 1. The smallest absolute Gasteiger partial charge is 0.222 e. The number of fused-ring (bicyclic) bond motifs is 2. The molecule has 1 saturated heterocycles. The first kappa shape index (κ1) is 19.9. The van der Waals surface area contributed by atoms with Gasteiger partial charge in [-0.3, -0.25) is 9.78 Å². The highest BCUT2D eigenvalue weighted by molar-refractivity contribution is 9.10. The lowest BCUT2D eigenvalue weighted by Crippen LogP contribution is -2.37. The van der Waals surface area contributed by atoms with E-state index in [1.165, 1.54) is 0 Å². The van der Waals surface area contributed by atoms with Crippen LogP contribution in [0, 0.1) is 0 Å². The van der Waals surface area contributed by atoms with Crippen molar-refractivity contribution in [2.75, 3.05) is 18.8 Å². The predicted octanol–water partition coefficient (Wildman–Crippen LogP) is 4.41. The van der Waals surface area contributed by atoms with Crippen LogP contribution in [0.15, 0.2) is 47.2 Å². The summed E-state index contributed by atoms with van der Waals surface area (Å²) in [6.45, 7) is 3.40. The Morgan fingerprint density at radius 3 is 2.77 bits per heavy atom. The van der Waals surface area contributed by atoms with Crippen molar-refractivity contribution in [2.45, 2.75) is 32.1 Å². The van der Waals surface area contributed by atoms with E-state index in [0.29, 0.717) is 12.2 Å². The number of halogens is 1. The molecular weight excluding hydrogens is 456 g/mol. The van der Waals surface area contributed by atoms with Gasteiger partial charge in [0.1, 0.15) is 5.82 Å². The van der Waals surface area contributed by atoms with Gasteiger partial charge in [0, 0.05) is 48.1 Å². The van der Waals surface area contributed by atoms with E-state index in [4.69, 9.17) is 10.7 Å². The number of carbonyl (C=O) groups is 1. The summed E-state index contributed by atoms with van der Waals surface area (Å²) in [6, 6.07) is 10.1. The standard InChI is InChI=1S/C23H23BrN6O/c1-2-19(31)29-9-7-14(8-10-29)21-20(24)22(25)30-23(28-21)17(13-27-30)16-11-15-5-3-4-6-18(15)26-12-16/h3-6,11-14H,2,7-10,25H2,1H3. The number of pyridine rings is 1. The topological polar surface area (TPSA) is 89.4 Å². The molecule has 1 aromatic carbocycles. The molecule has 0 radical (unpaired) electrons. The van der Waals surface area contributed by atoms with Gasteiger partial charge < -0.3 is 10.6 Å². The van der Waals surface area contributed by atoms with Gasteiger partial charge in [-0.25, -0.2) is 4.98 Å². The molecule has 8 heteroatoms. The predicted molar refractivity (Wildman–Crippen MR) is 125 cm³/mol. The number of likely N-dealkylation sites (tertiary alicyclic amines) is 1. The third-order valence-electron chi connectivity index (χ3n) is 6.09. The van der Waals surface area contributed by atoms with Crippen molar-refractivity contribution in [3.63, 3.8) is 0 Å². The molecular formula is C23H23BrN6O. The fraction of sp³-hybridized carbons (Fsp3) is 0.304. The molecule has 1 aliphatic heterocycles. The number of nitrogen functional groups attached to an aromatic ring is 1. The highest BCUT2D eigenvalue weighted by Crippen LogP contribution is 2.37. The monoisotopic (exact) mass is 478 g/mol. The van der Waals surface area contributed by atoms with E-state index in [1.54, 1.807) is 10.7 Å². The largest absolute Gasteiger partial charge is 0.383 e. The zero-order valence-electron chi connectivity index (χ0n) is 17.3. The summed E-state index contributed by atoms with van der Waals surface area (Å²) in [5.74, 6) is 0.981. The van der Waals surface area contributed by atoms with Crippen molar-refractivity contribution in [1.29, 1.82) is 0 Å². The molecule has 2 N–H and O–H groups in total. The highest BCUT2D eigenvalue weighted by Gasteiger charge is 2.27. The number of carbonyl (C=O) groups excluding carboxylic acids is 1. The molecule has 5 rings (SSSR count). The Morgan fingerprint density at radius 1 is 1.23 bits per heavy atom. The van der Waals surface area contributed by atoms with E-state index in [1.807, 2.05) is 42.3 Å². The van der Waals surface area contributed by atoms with Crippen LogP contribution in [0.2, 0.25) is 0 Å². The van der Waals surface area contributed by atoms with Gasteiger partial charge in [0.2, 0.25) is 5.91 Å². The summed E-state index contributed by atoms with van der Waals surface area (Å²) in [4.78, 5) is 23.6. The summed E-state index contributed by atoms with van der Waals surface area (Å²) >= 11 is 3.65. The second-order valence-corrected chi connectivity index (χ2v) is 8.71. The number of aromatic nitrogens is 4. The van der Waals surface area contributed by atoms with Gasteiger partial charge in [-0.2, -0.15) is 9.61 Å².